The summed E-state index contributed by atoms with van der Waals surface area (Å²) < 4.78 is 23.6. The van der Waals surface area contributed by atoms with Crippen molar-refractivity contribution in [3.8, 4) is 0 Å². The van der Waals surface area contributed by atoms with Gasteiger partial charge in [0.15, 0.2) is 9.84 Å². The Hall–Kier alpha value is -2.16. The number of primary amides is 1. The van der Waals surface area contributed by atoms with Gasteiger partial charge in [-0.15, -0.1) is 0 Å². The molecular weight excluding hydrogens is 322 g/mol. The van der Waals surface area contributed by atoms with Crippen LogP contribution in [0.4, 0.5) is 11.4 Å². The third kappa shape index (κ3) is 3.98. The van der Waals surface area contributed by atoms with Gasteiger partial charge < -0.3 is 10.6 Å². The molecule has 1 heterocycles. The van der Waals surface area contributed by atoms with E-state index in [0.717, 1.165) is 19.1 Å². The predicted octanol–water partition coefficient (Wildman–Crippen LogP) is 1.09. The number of anilines is 1. The molecule has 0 saturated carbocycles. The van der Waals surface area contributed by atoms with Gasteiger partial charge in [0.25, 0.3) is 0 Å². The lowest BCUT2D eigenvalue weighted by Gasteiger charge is -2.33. The van der Waals surface area contributed by atoms with Gasteiger partial charge in [-0.2, -0.15) is 0 Å². The van der Waals surface area contributed by atoms with Crippen molar-refractivity contribution in [2.75, 3.05) is 24.2 Å². The van der Waals surface area contributed by atoms with Crippen LogP contribution in [0.25, 0.3) is 0 Å². The van der Waals surface area contributed by atoms with Crippen molar-refractivity contribution in [3.63, 3.8) is 0 Å². The van der Waals surface area contributed by atoms with Crippen molar-refractivity contribution in [2.45, 2.75) is 24.2 Å². The third-order valence-corrected chi connectivity index (χ3v) is 5.04. The number of para-hydroxylation sites is 1. The van der Waals surface area contributed by atoms with E-state index in [-0.39, 0.29) is 22.9 Å². The fourth-order valence-corrected chi connectivity index (χ4v) is 3.84. The highest BCUT2D eigenvalue weighted by Gasteiger charge is 2.31. The first-order valence-corrected chi connectivity index (χ1v) is 9.10. The quantitative estimate of drug-likeness (QED) is 0.631. The average Bonchev–Trinajstić information content (AvgIpc) is 2.45. The maximum absolute atomic E-state index is 11.8. The van der Waals surface area contributed by atoms with Gasteiger partial charge in [-0.1, -0.05) is 6.07 Å². The lowest BCUT2D eigenvalue weighted by Crippen LogP contribution is -2.37. The molecule has 1 aliphatic rings. The Bertz CT molecular complexity index is 732. The minimum atomic E-state index is -3.71. The zero-order valence-electron chi connectivity index (χ0n) is 12.8. The lowest BCUT2D eigenvalue weighted by atomic mass is 9.94. The molecule has 0 aliphatic carbocycles. The molecule has 126 valence electrons. The molecule has 1 saturated heterocycles. The fraction of sp³-hybridized carbons (Fsp3) is 0.500. The lowest BCUT2D eigenvalue weighted by molar-refractivity contribution is -0.387. The molecule has 9 heteroatoms. The van der Waals surface area contributed by atoms with Crippen molar-refractivity contribution in [1.82, 2.24) is 0 Å². The van der Waals surface area contributed by atoms with Crippen LogP contribution in [0.2, 0.25) is 0 Å². The molecule has 1 aliphatic heterocycles. The van der Waals surface area contributed by atoms with Crippen molar-refractivity contribution in [2.24, 2.45) is 11.7 Å². The van der Waals surface area contributed by atoms with Crippen molar-refractivity contribution >= 4 is 27.1 Å². The number of hydrogen-bond donors (Lipinski definition) is 1. The Morgan fingerprint density at radius 1 is 1.48 bits per heavy atom. The molecule has 0 spiro atoms. The molecular formula is C14H19N3O5S. The van der Waals surface area contributed by atoms with Crippen LogP contribution >= 0.6 is 0 Å². The molecule has 8 nitrogen and oxygen atoms in total. The molecule has 2 rings (SSSR count). The highest BCUT2D eigenvalue weighted by molar-refractivity contribution is 7.90. The SMILES string of the molecule is CS(=O)(=O)c1cccc(N2CCCC(CC(N)=O)C2)c1[N+](=O)[O-]. The number of nitro benzene ring substituents is 1. The second-order valence-corrected chi connectivity index (χ2v) is 7.76. The topological polar surface area (TPSA) is 124 Å². The number of carbonyl (C=O) groups is 1. The number of carbonyl (C=O) groups excluding carboxylic acids is 1. The summed E-state index contributed by atoms with van der Waals surface area (Å²) in [7, 11) is -3.71. The number of rotatable bonds is 5. The normalized spacial score (nSPS) is 18.7. The number of amides is 1. The maximum Gasteiger partial charge on any atom is 0.311 e. The Morgan fingerprint density at radius 3 is 2.74 bits per heavy atom. The number of piperidine rings is 1. The first-order chi connectivity index (χ1) is 10.7. The van der Waals surface area contributed by atoms with Crippen LogP contribution in [-0.2, 0) is 14.6 Å². The summed E-state index contributed by atoms with van der Waals surface area (Å²) in [5.41, 5.74) is 5.08. The number of nitrogens with two attached hydrogens (primary N) is 1. The second-order valence-electron chi connectivity index (χ2n) is 5.78. The molecule has 1 aromatic carbocycles. The van der Waals surface area contributed by atoms with Gasteiger partial charge in [-0.05, 0) is 30.9 Å². The molecule has 0 radical (unpaired) electrons. The minimum Gasteiger partial charge on any atom is -0.370 e. The van der Waals surface area contributed by atoms with Gasteiger partial charge in [0, 0.05) is 25.8 Å². The standard InChI is InChI=1S/C14H19N3O5S/c1-23(21,22)12-6-2-5-11(14(12)17(19)20)16-7-3-4-10(9-16)8-13(15)18/h2,5-6,10H,3-4,7-9H2,1H3,(H2,15,18). The van der Waals surface area contributed by atoms with Crippen molar-refractivity contribution in [1.29, 1.82) is 0 Å². The molecule has 1 atom stereocenters. The molecule has 1 amide bonds. The predicted molar refractivity (Wildman–Crippen MR) is 85.0 cm³/mol. The first kappa shape index (κ1) is 17.2. The van der Waals surface area contributed by atoms with Crippen LogP contribution in [0.3, 0.4) is 0 Å². The Morgan fingerprint density at radius 2 is 2.17 bits per heavy atom. The van der Waals surface area contributed by atoms with E-state index in [1.807, 2.05) is 0 Å². The van der Waals surface area contributed by atoms with Crippen LogP contribution < -0.4 is 10.6 Å². The first-order valence-electron chi connectivity index (χ1n) is 7.21. The number of benzene rings is 1. The Kier molecular flexibility index (Phi) is 4.88. The van der Waals surface area contributed by atoms with Crippen LogP contribution in [0.15, 0.2) is 23.1 Å². The molecule has 0 aromatic heterocycles. The summed E-state index contributed by atoms with van der Waals surface area (Å²) in [6.45, 7) is 1.01. The minimum absolute atomic E-state index is 0.0164. The largest absolute Gasteiger partial charge is 0.370 e. The maximum atomic E-state index is 11.8. The van der Waals surface area contributed by atoms with Crippen molar-refractivity contribution in [3.05, 3.63) is 28.3 Å². The molecule has 0 bridgehead atoms. The summed E-state index contributed by atoms with van der Waals surface area (Å²) in [4.78, 5) is 23.3. The molecule has 23 heavy (non-hydrogen) atoms. The smallest absolute Gasteiger partial charge is 0.311 e. The number of nitro groups is 1. The molecule has 2 N–H and O–H groups in total. The highest BCUT2D eigenvalue weighted by atomic mass is 32.2. The van der Waals surface area contributed by atoms with Crippen LogP contribution in [-0.4, -0.2) is 38.6 Å². The van der Waals surface area contributed by atoms with Gasteiger partial charge in [-0.3, -0.25) is 14.9 Å². The average molecular weight is 341 g/mol. The van der Waals surface area contributed by atoms with Gasteiger partial charge in [0.1, 0.15) is 10.6 Å². The molecule has 1 fully saturated rings. The van der Waals surface area contributed by atoms with Crippen LogP contribution in [0.5, 0.6) is 0 Å². The number of hydrogen-bond acceptors (Lipinski definition) is 6. The van der Waals surface area contributed by atoms with E-state index in [2.05, 4.69) is 0 Å². The summed E-state index contributed by atoms with van der Waals surface area (Å²) in [6.07, 6.45) is 2.75. The zero-order valence-corrected chi connectivity index (χ0v) is 13.6. The van der Waals surface area contributed by atoms with Gasteiger partial charge in [0.2, 0.25) is 5.91 Å². The monoisotopic (exact) mass is 341 g/mol. The van der Waals surface area contributed by atoms with Gasteiger partial charge in [-0.25, -0.2) is 8.42 Å². The zero-order chi connectivity index (χ0) is 17.2. The summed E-state index contributed by atoms with van der Waals surface area (Å²) in [5, 5.41) is 11.4. The summed E-state index contributed by atoms with van der Waals surface area (Å²) >= 11 is 0. The highest BCUT2D eigenvalue weighted by Crippen LogP contribution is 2.36. The molecule has 1 unspecified atom stereocenters. The Labute approximate surface area is 134 Å². The van der Waals surface area contributed by atoms with E-state index in [4.69, 9.17) is 5.73 Å². The van der Waals surface area contributed by atoms with E-state index >= 15 is 0 Å². The fourth-order valence-electron chi connectivity index (χ4n) is 2.98. The van der Waals surface area contributed by atoms with Gasteiger partial charge in [0.05, 0.1) is 4.92 Å². The second kappa shape index (κ2) is 6.53. The Balaban J connectivity index is 2.43. The third-order valence-electron chi connectivity index (χ3n) is 3.91. The van der Waals surface area contributed by atoms with E-state index in [1.165, 1.54) is 12.1 Å². The summed E-state index contributed by atoms with van der Waals surface area (Å²) in [6, 6.07) is 4.28. The summed E-state index contributed by atoms with van der Waals surface area (Å²) in [5.74, 6) is -0.390. The number of sulfone groups is 1. The molecule has 1 aromatic rings. The van der Waals surface area contributed by atoms with Crippen LogP contribution in [0, 0.1) is 16.0 Å². The van der Waals surface area contributed by atoms with E-state index in [1.54, 1.807) is 11.0 Å². The van der Waals surface area contributed by atoms with E-state index in [9.17, 15) is 23.3 Å². The van der Waals surface area contributed by atoms with E-state index in [0.29, 0.717) is 13.1 Å². The van der Waals surface area contributed by atoms with E-state index < -0.39 is 26.4 Å². The van der Waals surface area contributed by atoms with Gasteiger partial charge >= 0.3 is 5.69 Å². The van der Waals surface area contributed by atoms with Crippen molar-refractivity contribution < 1.29 is 18.1 Å². The van der Waals surface area contributed by atoms with Crippen LogP contribution in [0.1, 0.15) is 19.3 Å². The number of nitrogens with zero attached hydrogens (tertiary/aromatic N) is 2.